The molecular weight excluding hydrogens is 338 g/mol. The highest BCUT2D eigenvalue weighted by atomic mass is 16.1. The minimum Gasteiger partial charge on any atom is -0.327 e. The minimum absolute atomic E-state index is 0.0965. The Hall–Kier alpha value is -2.18. The third-order valence-corrected chi connectivity index (χ3v) is 4.93. The van der Waals surface area contributed by atoms with Gasteiger partial charge in [-0.15, -0.1) is 0 Å². The first-order valence-electron chi connectivity index (χ1n) is 9.83. The third-order valence-electron chi connectivity index (χ3n) is 4.93. The summed E-state index contributed by atoms with van der Waals surface area (Å²) in [7, 11) is 0. The highest BCUT2D eigenvalue weighted by Gasteiger charge is 2.18. The Balaban J connectivity index is 1.70. The van der Waals surface area contributed by atoms with E-state index in [4.69, 9.17) is 5.73 Å². The van der Waals surface area contributed by atoms with Crippen molar-refractivity contribution in [1.29, 1.82) is 0 Å². The molecule has 3 rings (SSSR count). The van der Waals surface area contributed by atoms with Crippen LogP contribution in [0.5, 0.6) is 0 Å². The lowest BCUT2D eigenvalue weighted by Crippen LogP contribution is -2.42. The summed E-state index contributed by atoms with van der Waals surface area (Å²) in [5.41, 5.74) is 8.87. The Kier molecular flexibility index (Phi) is 6.29. The molecular formula is C21H31N5O. The molecule has 1 aromatic heterocycles. The molecule has 6 nitrogen and oxygen atoms in total. The minimum atomic E-state index is -0.0965. The van der Waals surface area contributed by atoms with Gasteiger partial charge in [-0.1, -0.05) is 26.0 Å². The second-order valence-corrected chi connectivity index (χ2v) is 8.04. The second kappa shape index (κ2) is 8.67. The van der Waals surface area contributed by atoms with Crippen molar-refractivity contribution in [3.63, 3.8) is 0 Å². The van der Waals surface area contributed by atoms with E-state index in [1.165, 1.54) is 0 Å². The zero-order valence-corrected chi connectivity index (χ0v) is 16.6. The lowest BCUT2D eigenvalue weighted by Gasteiger charge is -2.30. The van der Waals surface area contributed by atoms with Crippen LogP contribution < -0.4 is 11.1 Å². The standard InChI is InChI=1S/C21H31N5O/c1-15(2)12-26-20(16(3)11-23-26)24-21(27)18-7-4-6-17(10-18)13-25-9-5-8-19(22)14-25/h4,6-7,10-11,15,19H,5,8-9,12-14,22H2,1-3H3,(H,24,27)/t19-/m1/s1. The predicted molar refractivity (Wildman–Crippen MR) is 109 cm³/mol. The van der Waals surface area contributed by atoms with Gasteiger partial charge in [-0.3, -0.25) is 9.69 Å². The van der Waals surface area contributed by atoms with Gasteiger partial charge >= 0.3 is 0 Å². The average Bonchev–Trinajstić information content (AvgIpc) is 2.94. The van der Waals surface area contributed by atoms with E-state index >= 15 is 0 Å². The Bertz CT molecular complexity index is 783. The summed E-state index contributed by atoms with van der Waals surface area (Å²) in [5.74, 6) is 1.14. The van der Waals surface area contributed by atoms with E-state index in [0.29, 0.717) is 11.5 Å². The van der Waals surface area contributed by atoms with Crippen LogP contribution in [0.15, 0.2) is 30.5 Å². The normalized spacial score (nSPS) is 18.0. The molecule has 146 valence electrons. The average molecular weight is 370 g/mol. The molecule has 1 aromatic carbocycles. The molecule has 0 radical (unpaired) electrons. The lowest BCUT2D eigenvalue weighted by molar-refractivity contribution is 0.102. The van der Waals surface area contributed by atoms with Crippen LogP contribution in [0.25, 0.3) is 0 Å². The number of likely N-dealkylation sites (tertiary alicyclic amines) is 1. The Morgan fingerprint density at radius 1 is 1.41 bits per heavy atom. The van der Waals surface area contributed by atoms with Crippen molar-refractivity contribution in [2.24, 2.45) is 11.7 Å². The zero-order valence-electron chi connectivity index (χ0n) is 16.6. The SMILES string of the molecule is Cc1cnn(CC(C)C)c1NC(=O)c1cccc(CN2CCC[C@@H](N)C2)c1. The fourth-order valence-corrected chi connectivity index (χ4v) is 3.61. The molecule has 0 saturated carbocycles. The number of hydrogen-bond acceptors (Lipinski definition) is 4. The smallest absolute Gasteiger partial charge is 0.256 e. The number of piperidine rings is 1. The number of carbonyl (C=O) groups excluding carboxylic acids is 1. The summed E-state index contributed by atoms with van der Waals surface area (Å²) in [4.78, 5) is 15.2. The van der Waals surface area contributed by atoms with Gasteiger partial charge in [0.05, 0.1) is 6.20 Å². The van der Waals surface area contributed by atoms with Crippen molar-refractivity contribution in [2.75, 3.05) is 18.4 Å². The number of aryl methyl sites for hydroxylation is 1. The quantitative estimate of drug-likeness (QED) is 0.821. The Morgan fingerprint density at radius 3 is 2.96 bits per heavy atom. The Morgan fingerprint density at radius 2 is 2.22 bits per heavy atom. The first-order chi connectivity index (χ1) is 12.9. The number of nitrogens with zero attached hydrogens (tertiary/aromatic N) is 3. The maximum atomic E-state index is 12.8. The van der Waals surface area contributed by atoms with E-state index < -0.39 is 0 Å². The van der Waals surface area contributed by atoms with Crippen molar-refractivity contribution in [2.45, 2.75) is 52.7 Å². The Labute approximate surface area is 161 Å². The van der Waals surface area contributed by atoms with Gasteiger partial charge in [0, 0.05) is 36.8 Å². The molecule has 1 saturated heterocycles. The van der Waals surface area contributed by atoms with Crippen molar-refractivity contribution in [3.8, 4) is 0 Å². The number of benzene rings is 1. The fraction of sp³-hybridized carbons (Fsp3) is 0.524. The van der Waals surface area contributed by atoms with Gasteiger partial charge in [-0.05, 0) is 49.9 Å². The van der Waals surface area contributed by atoms with E-state index in [1.54, 1.807) is 6.20 Å². The lowest BCUT2D eigenvalue weighted by atomic mass is 10.0. The number of carbonyl (C=O) groups is 1. The number of amides is 1. The van der Waals surface area contributed by atoms with Crippen molar-refractivity contribution < 1.29 is 4.79 Å². The first-order valence-corrected chi connectivity index (χ1v) is 9.83. The molecule has 0 bridgehead atoms. The number of rotatable bonds is 6. The van der Waals surface area contributed by atoms with Gasteiger partial charge in [-0.25, -0.2) is 4.68 Å². The van der Waals surface area contributed by atoms with Crippen molar-refractivity contribution in [3.05, 3.63) is 47.2 Å². The molecule has 0 aliphatic carbocycles. The first kappa shape index (κ1) is 19.6. The summed E-state index contributed by atoms with van der Waals surface area (Å²) in [5, 5.41) is 7.43. The highest BCUT2D eigenvalue weighted by Crippen LogP contribution is 2.18. The van der Waals surface area contributed by atoms with Crippen molar-refractivity contribution in [1.82, 2.24) is 14.7 Å². The van der Waals surface area contributed by atoms with E-state index in [0.717, 1.165) is 56.0 Å². The van der Waals surface area contributed by atoms with Crippen LogP contribution in [0.1, 0.15) is 48.2 Å². The number of nitrogens with two attached hydrogens (primary N) is 1. The van der Waals surface area contributed by atoms with Gasteiger partial charge in [0.2, 0.25) is 0 Å². The van der Waals surface area contributed by atoms with Crippen molar-refractivity contribution >= 4 is 11.7 Å². The largest absolute Gasteiger partial charge is 0.327 e. The third kappa shape index (κ3) is 5.17. The van der Waals surface area contributed by atoms with Crippen LogP contribution in [-0.2, 0) is 13.1 Å². The van der Waals surface area contributed by atoms with Gasteiger partial charge in [0.15, 0.2) is 0 Å². The second-order valence-electron chi connectivity index (χ2n) is 8.04. The molecule has 3 N–H and O–H groups in total. The van der Waals surface area contributed by atoms with Crippen LogP contribution in [0.4, 0.5) is 5.82 Å². The number of nitrogens with one attached hydrogen (secondary N) is 1. The molecule has 0 spiro atoms. The number of anilines is 1. The summed E-state index contributed by atoms with van der Waals surface area (Å²) in [6.07, 6.45) is 4.04. The fourth-order valence-electron chi connectivity index (χ4n) is 3.61. The molecule has 2 aromatic rings. The van der Waals surface area contributed by atoms with Crippen LogP contribution in [0.3, 0.4) is 0 Å². The molecule has 6 heteroatoms. The van der Waals surface area contributed by atoms with E-state index in [2.05, 4.69) is 35.2 Å². The molecule has 2 heterocycles. The van der Waals surface area contributed by atoms with Crippen LogP contribution in [0.2, 0.25) is 0 Å². The molecule has 1 aliphatic heterocycles. The van der Waals surface area contributed by atoms with Gasteiger partial charge in [-0.2, -0.15) is 5.10 Å². The van der Waals surface area contributed by atoms with Gasteiger partial charge in [0.25, 0.3) is 5.91 Å². The molecule has 1 atom stereocenters. The highest BCUT2D eigenvalue weighted by molar-refractivity contribution is 6.04. The summed E-state index contributed by atoms with van der Waals surface area (Å²) in [6.45, 7) is 9.84. The van der Waals surface area contributed by atoms with E-state index in [9.17, 15) is 4.79 Å². The predicted octanol–water partition coefficient (Wildman–Crippen LogP) is 3.02. The molecule has 1 amide bonds. The molecule has 1 aliphatic rings. The topological polar surface area (TPSA) is 76.2 Å². The zero-order chi connectivity index (χ0) is 19.4. The summed E-state index contributed by atoms with van der Waals surface area (Å²) >= 11 is 0. The number of aromatic nitrogens is 2. The van der Waals surface area contributed by atoms with E-state index in [1.807, 2.05) is 29.8 Å². The molecule has 27 heavy (non-hydrogen) atoms. The van der Waals surface area contributed by atoms with Gasteiger partial charge in [0.1, 0.15) is 5.82 Å². The maximum absolute atomic E-state index is 12.8. The van der Waals surface area contributed by atoms with E-state index in [-0.39, 0.29) is 11.9 Å². The summed E-state index contributed by atoms with van der Waals surface area (Å²) in [6, 6.07) is 8.12. The maximum Gasteiger partial charge on any atom is 0.256 e. The summed E-state index contributed by atoms with van der Waals surface area (Å²) < 4.78 is 1.87. The monoisotopic (exact) mass is 369 g/mol. The van der Waals surface area contributed by atoms with Gasteiger partial charge < -0.3 is 11.1 Å². The van der Waals surface area contributed by atoms with Crippen LogP contribution in [-0.4, -0.2) is 39.7 Å². The van der Waals surface area contributed by atoms with Crippen LogP contribution in [0, 0.1) is 12.8 Å². The molecule has 1 fully saturated rings. The molecule has 0 unspecified atom stereocenters. The number of hydrogen-bond donors (Lipinski definition) is 2. The van der Waals surface area contributed by atoms with Crippen LogP contribution >= 0.6 is 0 Å².